The van der Waals surface area contributed by atoms with Gasteiger partial charge in [0.2, 0.25) is 0 Å². The fourth-order valence-corrected chi connectivity index (χ4v) is 0.135. The summed E-state index contributed by atoms with van der Waals surface area (Å²) in [5, 5.41) is 7.29. The Morgan fingerprint density at radius 1 is 1.86 bits per heavy atom. The second kappa shape index (κ2) is 2.87. The Morgan fingerprint density at radius 2 is 2.29 bits per heavy atom. The number of carboxylic acids is 1. The van der Waals surface area contributed by atoms with E-state index in [2.05, 4.69) is 0 Å². The number of aliphatic carboxylic acids is 1. The van der Waals surface area contributed by atoms with Crippen molar-refractivity contribution in [3.63, 3.8) is 0 Å². The smallest absolute Gasteiger partial charge is 0.318 e. The maximum Gasteiger partial charge on any atom is 0.318 e. The second-order valence-electron chi connectivity index (χ2n) is 1.09. The molecule has 1 unspecified atom stereocenters. The zero-order chi connectivity index (χ0) is 5.86. The van der Waals surface area contributed by atoms with Gasteiger partial charge in [0.25, 0.3) is 0 Å². The maximum atomic E-state index is 9.75. The van der Waals surface area contributed by atoms with Crippen LogP contribution >= 0.6 is 12.0 Å². The van der Waals surface area contributed by atoms with Gasteiger partial charge in [0.15, 0.2) is 0 Å². The van der Waals surface area contributed by atoms with Gasteiger partial charge in [-0.3, -0.25) is 4.79 Å². The molecule has 0 fully saturated rings. The van der Waals surface area contributed by atoms with Crippen molar-refractivity contribution in [2.24, 2.45) is 0 Å². The Morgan fingerprint density at radius 3 is 2.29 bits per heavy atom. The minimum atomic E-state index is -0.993. The molecule has 4 heteroatoms. The molecule has 42 valence electrons. The fraction of sp³-hybridized carbons (Fsp3) is 0.667. The molecule has 0 aliphatic heterocycles. The monoisotopic (exact) mass is 122 g/mol. The molecule has 1 atom stereocenters. The summed E-state index contributed by atoms with van der Waals surface area (Å²) >= 11 is 0.333. The lowest BCUT2D eigenvalue weighted by atomic mass is 10.5. The molecule has 3 nitrogen and oxygen atoms in total. The van der Waals surface area contributed by atoms with Crippen molar-refractivity contribution in [3.8, 4) is 0 Å². The first-order valence-electron chi connectivity index (χ1n) is 1.71. The van der Waals surface area contributed by atoms with E-state index in [4.69, 9.17) is 9.66 Å². The van der Waals surface area contributed by atoms with Crippen molar-refractivity contribution < 1.29 is 14.5 Å². The first-order chi connectivity index (χ1) is 3.18. The van der Waals surface area contributed by atoms with Crippen molar-refractivity contribution in [1.82, 2.24) is 0 Å². The summed E-state index contributed by atoms with van der Waals surface area (Å²) in [7, 11) is 0. The van der Waals surface area contributed by atoms with Crippen LogP contribution in [0, 0.1) is 0 Å². The lowest BCUT2D eigenvalue weighted by Crippen LogP contribution is -2.10. The van der Waals surface area contributed by atoms with Gasteiger partial charge in [-0.15, -0.1) is 0 Å². The van der Waals surface area contributed by atoms with Gasteiger partial charge in [-0.1, -0.05) is 0 Å². The average Bonchev–Trinajstić information content (AvgIpc) is 1.65. The number of hydrogen-bond donors (Lipinski definition) is 2. The minimum Gasteiger partial charge on any atom is -0.480 e. The van der Waals surface area contributed by atoms with Crippen molar-refractivity contribution >= 4 is 18.0 Å². The average molecular weight is 122 g/mol. The van der Waals surface area contributed by atoms with Crippen LogP contribution < -0.4 is 0 Å². The summed E-state index contributed by atoms with van der Waals surface area (Å²) in [6, 6.07) is 0. The molecule has 0 spiro atoms. The summed E-state index contributed by atoms with van der Waals surface area (Å²) in [4.78, 5) is 9.75. The van der Waals surface area contributed by atoms with Gasteiger partial charge in [-0.2, -0.15) is 0 Å². The number of carbonyl (C=O) groups is 1. The molecule has 0 bridgehead atoms. The van der Waals surface area contributed by atoms with E-state index in [1.54, 1.807) is 0 Å². The summed E-state index contributed by atoms with van der Waals surface area (Å²) in [6.07, 6.45) is 0. The highest BCUT2D eigenvalue weighted by Gasteiger charge is 2.08. The molecule has 0 aromatic carbocycles. The molecule has 0 saturated carbocycles. The molecule has 0 radical (unpaired) electrons. The number of carboxylic acid groups (broad SMARTS) is 1. The Bertz CT molecular complexity index is 72.6. The fourth-order valence-electron chi connectivity index (χ4n) is 0.0451. The van der Waals surface area contributed by atoms with E-state index in [0.29, 0.717) is 12.0 Å². The molecule has 0 aliphatic carbocycles. The van der Waals surface area contributed by atoms with Gasteiger partial charge in [0, 0.05) is 12.0 Å². The van der Waals surface area contributed by atoms with Gasteiger partial charge in [-0.25, -0.2) is 0 Å². The van der Waals surface area contributed by atoms with Crippen LogP contribution in [0.1, 0.15) is 6.92 Å². The normalized spacial score (nSPS) is 13.4. The standard InChI is InChI=1S/C3H6O3S/c1-2(7-6)3(4)5/h2,6H,1H3,(H,4,5). The van der Waals surface area contributed by atoms with Crippen molar-refractivity contribution in [2.75, 3.05) is 0 Å². The predicted molar refractivity (Wildman–Crippen MR) is 27.3 cm³/mol. The molecular formula is C3H6O3S. The van der Waals surface area contributed by atoms with Gasteiger partial charge < -0.3 is 9.66 Å². The SMILES string of the molecule is CC(SO)C(=O)O. The Kier molecular flexibility index (Phi) is 2.78. The van der Waals surface area contributed by atoms with Crippen LogP contribution in [0.2, 0.25) is 0 Å². The Hall–Kier alpha value is -0.220. The third kappa shape index (κ3) is 2.47. The lowest BCUT2D eigenvalue weighted by molar-refractivity contribution is -0.136. The van der Waals surface area contributed by atoms with Crippen molar-refractivity contribution in [1.29, 1.82) is 0 Å². The zero-order valence-electron chi connectivity index (χ0n) is 3.79. The van der Waals surface area contributed by atoms with Gasteiger partial charge in [0.05, 0.1) is 0 Å². The van der Waals surface area contributed by atoms with Crippen LogP contribution in [0.25, 0.3) is 0 Å². The number of rotatable bonds is 2. The first kappa shape index (κ1) is 6.78. The summed E-state index contributed by atoms with van der Waals surface area (Å²) in [5.74, 6) is -0.993. The molecule has 0 saturated heterocycles. The Labute approximate surface area is 45.6 Å². The van der Waals surface area contributed by atoms with Gasteiger partial charge in [0.1, 0.15) is 5.25 Å². The summed E-state index contributed by atoms with van der Waals surface area (Å²) < 4.78 is 8.04. The lowest BCUT2D eigenvalue weighted by Gasteiger charge is -1.94. The van der Waals surface area contributed by atoms with Gasteiger partial charge >= 0.3 is 5.97 Å². The van der Waals surface area contributed by atoms with E-state index in [1.165, 1.54) is 6.92 Å². The van der Waals surface area contributed by atoms with Gasteiger partial charge in [-0.05, 0) is 6.92 Å². The van der Waals surface area contributed by atoms with Crippen molar-refractivity contribution in [2.45, 2.75) is 12.2 Å². The highest BCUT2D eigenvalue weighted by atomic mass is 32.2. The van der Waals surface area contributed by atoms with E-state index >= 15 is 0 Å². The highest BCUT2D eigenvalue weighted by Crippen LogP contribution is 2.02. The van der Waals surface area contributed by atoms with E-state index in [9.17, 15) is 4.79 Å². The van der Waals surface area contributed by atoms with Crippen LogP contribution in [0.4, 0.5) is 0 Å². The quantitative estimate of drug-likeness (QED) is 0.528. The molecule has 0 aromatic heterocycles. The number of hydrogen-bond acceptors (Lipinski definition) is 3. The zero-order valence-corrected chi connectivity index (χ0v) is 4.60. The van der Waals surface area contributed by atoms with E-state index in [1.807, 2.05) is 0 Å². The van der Waals surface area contributed by atoms with Crippen LogP contribution in [0.3, 0.4) is 0 Å². The largest absolute Gasteiger partial charge is 0.480 e. The summed E-state index contributed by atoms with van der Waals surface area (Å²) in [6.45, 7) is 1.41. The van der Waals surface area contributed by atoms with Crippen LogP contribution in [0.15, 0.2) is 0 Å². The van der Waals surface area contributed by atoms with E-state index < -0.39 is 11.2 Å². The highest BCUT2D eigenvalue weighted by molar-refractivity contribution is 7.95. The summed E-state index contributed by atoms with van der Waals surface area (Å²) in [5.41, 5.74) is 0. The Balaban J connectivity index is 3.34. The van der Waals surface area contributed by atoms with Crippen LogP contribution in [0.5, 0.6) is 0 Å². The third-order valence-electron chi connectivity index (χ3n) is 0.506. The van der Waals surface area contributed by atoms with Crippen molar-refractivity contribution in [3.05, 3.63) is 0 Å². The molecule has 0 aromatic rings. The van der Waals surface area contributed by atoms with E-state index in [-0.39, 0.29) is 0 Å². The topological polar surface area (TPSA) is 57.5 Å². The van der Waals surface area contributed by atoms with Crippen LogP contribution in [-0.2, 0) is 4.79 Å². The molecule has 0 rings (SSSR count). The van der Waals surface area contributed by atoms with E-state index in [0.717, 1.165) is 0 Å². The first-order valence-corrected chi connectivity index (χ1v) is 2.55. The predicted octanol–water partition coefficient (Wildman–Crippen LogP) is 0.666. The molecule has 0 heterocycles. The molecular weight excluding hydrogens is 116 g/mol. The molecule has 0 amide bonds. The maximum absolute atomic E-state index is 9.75. The van der Waals surface area contributed by atoms with Crippen LogP contribution in [-0.4, -0.2) is 20.9 Å². The minimum absolute atomic E-state index is 0.333. The third-order valence-corrected chi connectivity index (χ3v) is 1.02. The molecule has 7 heavy (non-hydrogen) atoms. The molecule has 2 N–H and O–H groups in total. The molecule has 0 aliphatic rings. The second-order valence-corrected chi connectivity index (χ2v) is 2.00.